The highest BCUT2D eigenvalue weighted by molar-refractivity contribution is 7.14. The molecule has 1 aromatic carbocycles. The number of rotatable bonds is 5. The van der Waals surface area contributed by atoms with E-state index >= 15 is 0 Å². The maximum atomic E-state index is 12.7. The van der Waals surface area contributed by atoms with Crippen molar-refractivity contribution in [3.63, 3.8) is 0 Å². The molecule has 1 saturated heterocycles. The Morgan fingerprint density at radius 2 is 2.03 bits per heavy atom. The minimum atomic E-state index is -4.43. The fraction of sp³-hybridized carbons (Fsp3) is 0.318. The number of hydrogen-bond donors (Lipinski definition) is 1. The van der Waals surface area contributed by atoms with Gasteiger partial charge in [-0.25, -0.2) is 4.98 Å². The molecule has 4 rings (SSSR count). The van der Waals surface area contributed by atoms with E-state index in [1.54, 1.807) is 6.20 Å². The lowest BCUT2D eigenvalue weighted by atomic mass is 10.1. The van der Waals surface area contributed by atoms with Gasteiger partial charge in [0.25, 0.3) is 5.91 Å². The van der Waals surface area contributed by atoms with E-state index in [1.807, 2.05) is 24.4 Å². The second-order valence-electron chi connectivity index (χ2n) is 7.50. The number of alkyl halides is 3. The van der Waals surface area contributed by atoms with Crippen molar-refractivity contribution >= 4 is 22.4 Å². The second-order valence-corrected chi connectivity index (χ2v) is 8.36. The van der Waals surface area contributed by atoms with E-state index in [0.29, 0.717) is 5.13 Å². The van der Waals surface area contributed by atoms with Gasteiger partial charge in [-0.15, -0.1) is 11.3 Å². The van der Waals surface area contributed by atoms with Crippen LogP contribution in [0.2, 0.25) is 0 Å². The van der Waals surface area contributed by atoms with Crippen molar-refractivity contribution in [1.82, 2.24) is 14.9 Å². The summed E-state index contributed by atoms with van der Waals surface area (Å²) in [7, 11) is 0. The Morgan fingerprint density at radius 1 is 1.26 bits per heavy atom. The summed E-state index contributed by atoms with van der Waals surface area (Å²) in [4.78, 5) is 23.8. The zero-order valence-electron chi connectivity index (χ0n) is 16.8. The van der Waals surface area contributed by atoms with Gasteiger partial charge in [-0.1, -0.05) is 6.07 Å². The standard InChI is InChI=1S/C22H21F3N4OS/c1-14-4-2-10-26-17(14)12-29-11-3-5-19(29)18-13-31-21(27-18)28-20(30)15-6-8-16(9-7-15)22(23,24)25/h2,4,6-10,13,19H,3,5,11-12H2,1H3,(H,27,28,30). The Hall–Kier alpha value is -2.78. The number of benzene rings is 1. The number of hydrogen-bond acceptors (Lipinski definition) is 5. The first kappa shape index (κ1) is 21.5. The summed E-state index contributed by atoms with van der Waals surface area (Å²) >= 11 is 1.31. The van der Waals surface area contributed by atoms with Crippen LogP contribution in [-0.2, 0) is 12.7 Å². The number of aromatic nitrogens is 2. The van der Waals surface area contributed by atoms with Crippen LogP contribution in [0.4, 0.5) is 18.3 Å². The van der Waals surface area contributed by atoms with E-state index in [4.69, 9.17) is 0 Å². The first-order chi connectivity index (χ1) is 14.8. The number of carbonyl (C=O) groups is 1. The molecule has 0 bridgehead atoms. The van der Waals surface area contributed by atoms with Crippen LogP contribution in [0.5, 0.6) is 0 Å². The SMILES string of the molecule is Cc1cccnc1CN1CCCC1c1csc(NC(=O)c2ccc(C(F)(F)F)cc2)n1. The molecule has 1 fully saturated rings. The molecule has 1 amide bonds. The highest BCUT2D eigenvalue weighted by Gasteiger charge is 2.31. The van der Waals surface area contributed by atoms with Gasteiger partial charge < -0.3 is 0 Å². The van der Waals surface area contributed by atoms with Crippen LogP contribution in [0, 0.1) is 6.92 Å². The molecule has 1 aliphatic rings. The molecule has 1 unspecified atom stereocenters. The molecule has 162 valence electrons. The van der Waals surface area contributed by atoms with Crippen LogP contribution in [0.1, 0.15) is 51.8 Å². The van der Waals surface area contributed by atoms with Gasteiger partial charge in [-0.2, -0.15) is 13.2 Å². The van der Waals surface area contributed by atoms with Crippen molar-refractivity contribution in [3.05, 3.63) is 76.1 Å². The van der Waals surface area contributed by atoms with Gasteiger partial charge in [-0.3, -0.25) is 20.0 Å². The molecule has 9 heteroatoms. The average Bonchev–Trinajstić information content (AvgIpc) is 3.38. The molecule has 1 aliphatic heterocycles. The van der Waals surface area contributed by atoms with Crippen LogP contribution >= 0.6 is 11.3 Å². The second kappa shape index (κ2) is 8.76. The lowest BCUT2D eigenvalue weighted by Gasteiger charge is -2.23. The molecule has 3 heterocycles. The van der Waals surface area contributed by atoms with Crippen LogP contribution in [0.25, 0.3) is 0 Å². The van der Waals surface area contributed by atoms with E-state index < -0.39 is 17.6 Å². The summed E-state index contributed by atoms with van der Waals surface area (Å²) in [6, 6.07) is 8.25. The van der Waals surface area contributed by atoms with Crippen molar-refractivity contribution in [2.45, 2.75) is 38.5 Å². The van der Waals surface area contributed by atoms with Crippen molar-refractivity contribution in [3.8, 4) is 0 Å². The predicted octanol–water partition coefficient (Wildman–Crippen LogP) is 5.45. The van der Waals surface area contributed by atoms with Gasteiger partial charge in [0.1, 0.15) is 0 Å². The monoisotopic (exact) mass is 446 g/mol. The quantitative estimate of drug-likeness (QED) is 0.566. The normalized spacial score (nSPS) is 17.1. The average molecular weight is 446 g/mol. The molecule has 0 saturated carbocycles. The molecule has 1 atom stereocenters. The van der Waals surface area contributed by atoms with Gasteiger partial charge in [0.05, 0.1) is 23.0 Å². The van der Waals surface area contributed by atoms with Gasteiger partial charge >= 0.3 is 6.18 Å². The molecule has 5 nitrogen and oxygen atoms in total. The van der Waals surface area contributed by atoms with Crippen LogP contribution in [0.15, 0.2) is 48.0 Å². The number of halogens is 3. The molecule has 0 radical (unpaired) electrons. The lowest BCUT2D eigenvalue weighted by molar-refractivity contribution is -0.137. The number of nitrogens with zero attached hydrogens (tertiary/aromatic N) is 3. The van der Waals surface area contributed by atoms with E-state index in [0.717, 1.165) is 55.0 Å². The number of likely N-dealkylation sites (tertiary alicyclic amines) is 1. The summed E-state index contributed by atoms with van der Waals surface area (Å²) in [6.07, 6.45) is -0.603. The Morgan fingerprint density at radius 3 is 2.74 bits per heavy atom. The minimum absolute atomic E-state index is 0.148. The summed E-state index contributed by atoms with van der Waals surface area (Å²) in [5.41, 5.74) is 2.44. The fourth-order valence-electron chi connectivity index (χ4n) is 3.70. The zero-order chi connectivity index (χ0) is 22.0. The number of aryl methyl sites for hydroxylation is 1. The Bertz CT molecular complexity index is 1070. The zero-order valence-corrected chi connectivity index (χ0v) is 17.6. The van der Waals surface area contributed by atoms with Crippen molar-refractivity contribution < 1.29 is 18.0 Å². The molecular weight excluding hydrogens is 425 g/mol. The first-order valence-corrected chi connectivity index (χ1v) is 10.8. The Labute approximate surface area is 182 Å². The molecule has 0 spiro atoms. The van der Waals surface area contributed by atoms with E-state index in [-0.39, 0.29) is 11.6 Å². The maximum Gasteiger partial charge on any atom is 0.416 e. The number of pyridine rings is 1. The summed E-state index contributed by atoms with van der Waals surface area (Å²) in [6.45, 7) is 3.73. The van der Waals surface area contributed by atoms with E-state index in [2.05, 4.69) is 20.2 Å². The minimum Gasteiger partial charge on any atom is -0.298 e. The Kier molecular flexibility index (Phi) is 6.06. The number of thiazole rings is 1. The number of carbonyl (C=O) groups excluding carboxylic acids is 1. The maximum absolute atomic E-state index is 12.7. The molecule has 0 aliphatic carbocycles. The van der Waals surface area contributed by atoms with E-state index in [1.165, 1.54) is 23.5 Å². The summed E-state index contributed by atoms with van der Waals surface area (Å²) in [5.74, 6) is -0.484. The van der Waals surface area contributed by atoms with Crippen LogP contribution in [-0.4, -0.2) is 27.3 Å². The smallest absolute Gasteiger partial charge is 0.298 e. The first-order valence-electron chi connectivity index (χ1n) is 9.90. The predicted molar refractivity (Wildman–Crippen MR) is 113 cm³/mol. The number of anilines is 1. The van der Waals surface area contributed by atoms with Crippen LogP contribution in [0.3, 0.4) is 0 Å². The molecular formula is C22H21F3N4OS. The molecule has 2 aromatic heterocycles. The largest absolute Gasteiger partial charge is 0.416 e. The third kappa shape index (κ3) is 4.94. The summed E-state index contributed by atoms with van der Waals surface area (Å²) < 4.78 is 38.1. The fourth-order valence-corrected chi connectivity index (χ4v) is 4.46. The molecule has 31 heavy (non-hydrogen) atoms. The van der Waals surface area contributed by atoms with Gasteiger partial charge in [0.15, 0.2) is 5.13 Å². The van der Waals surface area contributed by atoms with Crippen LogP contribution < -0.4 is 5.32 Å². The lowest BCUT2D eigenvalue weighted by Crippen LogP contribution is -2.24. The highest BCUT2D eigenvalue weighted by Crippen LogP contribution is 2.35. The third-order valence-corrected chi connectivity index (χ3v) is 6.17. The molecule has 1 N–H and O–H groups in total. The van der Waals surface area contributed by atoms with Crippen molar-refractivity contribution in [2.24, 2.45) is 0 Å². The van der Waals surface area contributed by atoms with Crippen molar-refractivity contribution in [2.75, 3.05) is 11.9 Å². The van der Waals surface area contributed by atoms with Gasteiger partial charge in [-0.05, 0) is 62.2 Å². The third-order valence-electron chi connectivity index (χ3n) is 5.39. The molecule has 3 aromatic rings. The number of amides is 1. The number of nitrogens with one attached hydrogen (secondary N) is 1. The summed E-state index contributed by atoms with van der Waals surface area (Å²) in [5, 5.41) is 5.05. The van der Waals surface area contributed by atoms with E-state index in [9.17, 15) is 18.0 Å². The highest BCUT2D eigenvalue weighted by atomic mass is 32.1. The topological polar surface area (TPSA) is 58.1 Å². The van der Waals surface area contributed by atoms with Gasteiger partial charge in [0, 0.05) is 23.7 Å². The Balaban J connectivity index is 1.43. The van der Waals surface area contributed by atoms with Crippen molar-refractivity contribution in [1.29, 1.82) is 0 Å². The van der Waals surface area contributed by atoms with Gasteiger partial charge in [0.2, 0.25) is 0 Å².